The quantitative estimate of drug-likeness (QED) is 0.618. The highest BCUT2D eigenvalue weighted by molar-refractivity contribution is 7.85. The summed E-state index contributed by atoms with van der Waals surface area (Å²) in [6.07, 6.45) is 0.999. The zero-order chi connectivity index (χ0) is 9.90. The first-order valence-electron chi connectivity index (χ1n) is 4.57. The van der Waals surface area contributed by atoms with Gasteiger partial charge in [-0.3, -0.25) is 4.21 Å². The van der Waals surface area contributed by atoms with Crippen LogP contribution in [-0.2, 0) is 15.6 Å². The first-order chi connectivity index (χ1) is 6.03. The van der Waals surface area contributed by atoms with Gasteiger partial charge >= 0.3 is 0 Å². The van der Waals surface area contributed by atoms with E-state index < -0.39 is 10.8 Å². The molecule has 0 amide bonds. The van der Waals surface area contributed by atoms with Crippen molar-refractivity contribution < 1.29 is 9.00 Å². The average molecular weight is 203 g/mol. The molecular weight excluding hydrogens is 186 g/mol. The Morgan fingerprint density at radius 3 is 2.38 bits per heavy atom. The van der Waals surface area contributed by atoms with Gasteiger partial charge in [0.15, 0.2) is 0 Å². The molecule has 4 heteroatoms. The Morgan fingerprint density at radius 1 is 1.38 bits per heavy atom. The minimum Gasteiger partial charge on any atom is -0.303 e. The summed E-state index contributed by atoms with van der Waals surface area (Å²) in [6, 6.07) is 0. The molecule has 0 saturated carbocycles. The van der Waals surface area contributed by atoms with Crippen molar-refractivity contribution in [3.63, 3.8) is 0 Å². The standard InChI is InChI=1S/C9H17NO2S/c1-9(2,8-11)7-10-3-5-13(12)6-4-10/h8H,3-7H2,1-2H3. The summed E-state index contributed by atoms with van der Waals surface area (Å²) in [7, 11) is -0.621. The number of carbonyl (C=O) groups excluding carboxylic acids is 1. The van der Waals surface area contributed by atoms with Gasteiger partial charge in [-0.1, -0.05) is 13.8 Å². The molecule has 0 aliphatic carbocycles. The molecule has 1 fully saturated rings. The van der Waals surface area contributed by atoms with Crippen LogP contribution in [0.5, 0.6) is 0 Å². The summed E-state index contributed by atoms with van der Waals surface area (Å²) in [5, 5.41) is 0. The maximum Gasteiger partial charge on any atom is 0.126 e. The van der Waals surface area contributed by atoms with Crippen LogP contribution >= 0.6 is 0 Å². The highest BCUT2D eigenvalue weighted by atomic mass is 32.2. The molecule has 1 aliphatic heterocycles. The van der Waals surface area contributed by atoms with Crippen molar-refractivity contribution in [2.45, 2.75) is 13.8 Å². The van der Waals surface area contributed by atoms with Gasteiger partial charge in [0.25, 0.3) is 0 Å². The highest BCUT2D eigenvalue weighted by Gasteiger charge is 2.23. The molecule has 1 rings (SSSR count). The van der Waals surface area contributed by atoms with Crippen LogP contribution in [0.2, 0.25) is 0 Å². The fraction of sp³-hybridized carbons (Fsp3) is 0.889. The minimum atomic E-state index is -0.621. The summed E-state index contributed by atoms with van der Waals surface area (Å²) in [5.41, 5.74) is -0.265. The van der Waals surface area contributed by atoms with Crippen molar-refractivity contribution >= 4 is 17.1 Å². The second-order valence-electron chi connectivity index (χ2n) is 4.23. The third kappa shape index (κ3) is 3.56. The molecule has 0 aromatic rings. The van der Waals surface area contributed by atoms with E-state index in [1.807, 2.05) is 13.8 Å². The van der Waals surface area contributed by atoms with Crippen molar-refractivity contribution in [2.75, 3.05) is 31.1 Å². The number of hydrogen-bond acceptors (Lipinski definition) is 3. The molecule has 0 aromatic heterocycles. The number of nitrogens with zero attached hydrogens (tertiary/aromatic N) is 1. The van der Waals surface area contributed by atoms with Crippen molar-refractivity contribution in [3.05, 3.63) is 0 Å². The fourth-order valence-corrected chi connectivity index (χ4v) is 2.58. The molecule has 0 N–H and O–H groups in total. The zero-order valence-electron chi connectivity index (χ0n) is 8.28. The Labute approximate surface area is 81.9 Å². The Hall–Kier alpha value is -0.220. The third-order valence-corrected chi connectivity index (χ3v) is 3.50. The van der Waals surface area contributed by atoms with E-state index in [-0.39, 0.29) is 5.41 Å². The lowest BCUT2D eigenvalue weighted by molar-refractivity contribution is -0.115. The predicted molar refractivity (Wildman–Crippen MR) is 54.2 cm³/mol. The highest BCUT2D eigenvalue weighted by Crippen LogP contribution is 2.14. The smallest absolute Gasteiger partial charge is 0.126 e. The van der Waals surface area contributed by atoms with Gasteiger partial charge in [-0.05, 0) is 0 Å². The second kappa shape index (κ2) is 4.33. The lowest BCUT2D eigenvalue weighted by Gasteiger charge is -2.31. The maximum absolute atomic E-state index is 11.1. The van der Waals surface area contributed by atoms with E-state index in [0.717, 1.165) is 37.4 Å². The molecule has 1 saturated heterocycles. The molecule has 3 nitrogen and oxygen atoms in total. The zero-order valence-corrected chi connectivity index (χ0v) is 9.10. The van der Waals surface area contributed by atoms with Gasteiger partial charge < -0.3 is 9.69 Å². The van der Waals surface area contributed by atoms with Gasteiger partial charge in [-0.15, -0.1) is 0 Å². The van der Waals surface area contributed by atoms with E-state index in [2.05, 4.69) is 4.90 Å². The molecule has 76 valence electrons. The van der Waals surface area contributed by atoms with E-state index in [4.69, 9.17) is 0 Å². The Kier molecular flexibility index (Phi) is 3.62. The van der Waals surface area contributed by atoms with Crippen molar-refractivity contribution in [1.82, 2.24) is 4.90 Å². The van der Waals surface area contributed by atoms with Crippen LogP contribution in [0.1, 0.15) is 13.8 Å². The SMILES string of the molecule is CC(C)(C=O)CN1CCS(=O)CC1. The van der Waals surface area contributed by atoms with Crippen LogP contribution in [0.3, 0.4) is 0 Å². The lowest BCUT2D eigenvalue weighted by atomic mass is 9.95. The minimum absolute atomic E-state index is 0.265. The monoisotopic (exact) mass is 203 g/mol. The molecule has 0 bridgehead atoms. The van der Waals surface area contributed by atoms with E-state index >= 15 is 0 Å². The molecule has 0 aromatic carbocycles. The van der Waals surface area contributed by atoms with Gasteiger partial charge in [0.05, 0.1) is 0 Å². The van der Waals surface area contributed by atoms with Crippen molar-refractivity contribution in [2.24, 2.45) is 5.41 Å². The number of rotatable bonds is 3. The summed E-state index contributed by atoms with van der Waals surface area (Å²) < 4.78 is 11.1. The van der Waals surface area contributed by atoms with E-state index in [0.29, 0.717) is 0 Å². The van der Waals surface area contributed by atoms with Crippen molar-refractivity contribution in [3.8, 4) is 0 Å². The maximum atomic E-state index is 11.1. The first-order valence-corrected chi connectivity index (χ1v) is 6.06. The average Bonchev–Trinajstić information content (AvgIpc) is 2.09. The van der Waals surface area contributed by atoms with Crippen LogP contribution in [0.4, 0.5) is 0 Å². The van der Waals surface area contributed by atoms with Gasteiger partial charge in [-0.25, -0.2) is 0 Å². The summed E-state index contributed by atoms with van der Waals surface area (Å²) >= 11 is 0. The summed E-state index contributed by atoms with van der Waals surface area (Å²) in [5.74, 6) is 1.52. The van der Waals surface area contributed by atoms with Crippen LogP contribution in [0.15, 0.2) is 0 Å². The molecular formula is C9H17NO2S. The van der Waals surface area contributed by atoms with Crippen LogP contribution in [0, 0.1) is 5.41 Å². The van der Waals surface area contributed by atoms with E-state index in [9.17, 15) is 9.00 Å². The van der Waals surface area contributed by atoms with Crippen LogP contribution in [0.25, 0.3) is 0 Å². The molecule has 1 heterocycles. The van der Waals surface area contributed by atoms with Crippen LogP contribution in [-0.4, -0.2) is 46.5 Å². The number of aldehydes is 1. The number of hydrogen-bond donors (Lipinski definition) is 0. The summed E-state index contributed by atoms with van der Waals surface area (Å²) in [6.45, 7) is 6.39. The van der Waals surface area contributed by atoms with Gasteiger partial charge in [0, 0.05) is 47.4 Å². The predicted octanol–water partition coefficient (Wildman–Crippen LogP) is 0.276. The third-order valence-electron chi connectivity index (χ3n) is 2.22. The van der Waals surface area contributed by atoms with Gasteiger partial charge in [-0.2, -0.15) is 0 Å². The Balaban J connectivity index is 2.38. The Bertz CT molecular complexity index is 206. The Morgan fingerprint density at radius 2 is 1.92 bits per heavy atom. The van der Waals surface area contributed by atoms with Crippen molar-refractivity contribution in [1.29, 1.82) is 0 Å². The molecule has 0 atom stereocenters. The molecule has 1 aliphatic rings. The molecule has 0 radical (unpaired) electrons. The van der Waals surface area contributed by atoms with E-state index in [1.165, 1.54) is 0 Å². The fourth-order valence-electron chi connectivity index (χ4n) is 1.45. The van der Waals surface area contributed by atoms with E-state index in [1.54, 1.807) is 0 Å². The van der Waals surface area contributed by atoms with Gasteiger partial charge in [0.2, 0.25) is 0 Å². The second-order valence-corrected chi connectivity index (χ2v) is 5.93. The topological polar surface area (TPSA) is 37.4 Å². The molecule has 13 heavy (non-hydrogen) atoms. The molecule has 0 spiro atoms. The normalized spacial score (nSPS) is 21.7. The number of carbonyl (C=O) groups is 1. The van der Waals surface area contributed by atoms with Crippen LogP contribution < -0.4 is 0 Å². The largest absolute Gasteiger partial charge is 0.303 e. The first kappa shape index (κ1) is 10.9. The summed E-state index contributed by atoms with van der Waals surface area (Å²) in [4.78, 5) is 12.9. The lowest BCUT2D eigenvalue weighted by Crippen LogP contribution is -2.43. The van der Waals surface area contributed by atoms with Gasteiger partial charge in [0.1, 0.15) is 6.29 Å². The molecule has 0 unspecified atom stereocenters.